The minimum Gasteiger partial charge on any atom is -0.504 e. The Morgan fingerprint density at radius 1 is 1.32 bits per heavy atom. The number of methoxy groups -OCH3 is 1. The summed E-state index contributed by atoms with van der Waals surface area (Å²) >= 11 is 5.94. The molecule has 0 aliphatic carbocycles. The first-order valence-corrected chi connectivity index (χ1v) is 7.71. The highest BCUT2D eigenvalue weighted by Gasteiger charge is 2.17. The van der Waals surface area contributed by atoms with E-state index in [1.807, 2.05) is 6.07 Å². The summed E-state index contributed by atoms with van der Waals surface area (Å²) in [7, 11) is 1.44. The molecule has 0 bridgehead atoms. The van der Waals surface area contributed by atoms with Crippen LogP contribution in [-0.2, 0) is 0 Å². The molecule has 124 valence electrons. The van der Waals surface area contributed by atoms with Crippen LogP contribution in [0, 0.1) is 11.3 Å². The largest absolute Gasteiger partial charge is 0.504 e. The van der Waals surface area contributed by atoms with Gasteiger partial charge in [0.2, 0.25) is 5.78 Å². The number of ketones is 1. The number of nitrogens with one attached hydrogen (secondary N) is 1. The Balaban J connectivity index is 2.01. The molecule has 1 heterocycles. The first-order chi connectivity index (χ1) is 12.0. The lowest BCUT2D eigenvalue weighted by molar-refractivity contribution is 0.104. The van der Waals surface area contributed by atoms with Crippen molar-refractivity contribution in [1.82, 2.24) is 4.98 Å². The van der Waals surface area contributed by atoms with E-state index in [0.717, 1.165) is 5.52 Å². The highest BCUT2D eigenvalue weighted by molar-refractivity contribution is 6.31. The minimum absolute atomic E-state index is 0.0413. The summed E-state index contributed by atoms with van der Waals surface area (Å²) in [6.45, 7) is 0. The van der Waals surface area contributed by atoms with Gasteiger partial charge in [0.1, 0.15) is 11.6 Å². The molecule has 0 saturated heterocycles. The average molecular weight is 353 g/mol. The van der Waals surface area contributed by atoms with Crippen LogP contribution in [0.15, 0.2) is 48.2 Å². The number of hydrogen-bond donors (Lipinski definition) is 2. The molecular formula is C19H13ClN2O3. The van der Waals surface area contributed by atoms with Gasteiger partial charge in [-0.05, 0) is 35.9 Å². The number of aromatic hydroxyl groups is 1. The number of fused-ring (bicyclic) bond motifs is 1. The van der Waals surface area contributed by atoms with Crippen molar-refractivity contribution in [1.29, 1.82) is 5.26 Å². The van der Waals surface area contributed by atoms with Crippen LogP contribution in [0.2, 0.25) is 5.02 Å². The molecule has 0 fully saturated rings. The summed E-state index contributed by atoms with van der Waals surface area (Å²) < 4.78 is 4.98. The number of H-pyrrole nitrogens is 1. The van der Waals surface area contributed by atoms with Crippen molar-refractivity contribution in [3.05, 3.63) is 64.3 Å². The molecule has 1 aromatic heterocycles. The van der Waals surface area contributed by atoms with E-state index in [1.54, 1.807) is 36.5 Å². The molecule has 0 amide bonds. The second-order valence-electron chi connectivity index (χ2n) is 5.32. The maximum absolute atomic E-state index is 12.7. The van der Waals surface area contributed by atoms with E-state index in [-0.39, 0.29) is 11.3 Å². The molecule has 0 radical (unpaired) electrons. The normalized spacial score (nSPS) is 11.3. The SMILES string of the molecule is COc1ccc(/C=C(/C#N)C(=O)c2c[nH]c3cc(Cl)ccc23)cc1O. The van der Waals surface area contributed by atoms with E-state index in [1.165, 1.54) is 19.3 Å². The number of Topliss-reactive ketones (excluding diaryl/α,β-unsaturated/α-hetero) is 1. The van der Waals surface area contributed by atoms with Crippen molar-refractivity contribution in [3.8, 4) is 17.6 Å². The number of ether oxygens (including phenoxy) is 1. The van der Waals surface area contributed by atoms with E-state index < -0.39 is 5.78 Å². The molecule has 0 spiro atoms. The number of phenols is 1. The number of benzene rings is 2. The molecule has 25 heavy (non-hydrogen) atoms. The van der Waals surface area contributed by atoms with Gasteiger partial charge in [0.15, 0.2) is 11.5 Å². The summed E-state index contributed by atoms with van der Waals surface area (Å²) in [4.78, 5) is 15.7. The van der Waals surface area contributed by atoms with Crippen molar-refractivity contribution in [2.75, 3.05) is 7.11 Å². The van der Waals surface area contributed by atoms with Crippen molar-refractivity contribution >= 4 is 34.4 Å². The average Bonchev–Trinajstić information content (AvgIpc) is 3.02. The van der Waals surface area contributed by atoms with Gasteiger partial charge in [0, 0.05) is 27.7 Å². The Hall–Kier alpha value is -3.23. The first kappa shape index (κ1) is 16.6. The van der Waals surface area contributed by atoms with E-state index in [0.29, 0.717) is 27.3 Å². The third-order valence-electron chi connectivity index (χ3n) is 3.77. The van der Waals surface area contributed by atoms with Crippen LogP contribution in [0.5, 0.6) is 11.5 Å². The molecule has 0 saturated carbocycles. The monoisotopic (exact) mass is 352 g/mol. The Kier molecular flexibility index (Phi) is 4.46. The lowest BCUT2D eigenvalue weighted by Gasteiger charge is -2.04. The van der Waals surface area contributed by atoms with Gasteiger partial charge >= 0.3 is 0 Å². The van der Waals surface area contributed by atoms with Gasteiger partial charge in [0.05, 0.1) is 7.11 Å². The van der Waals surface area contributed by atoms with Gasteiger partial charge in [-0.15, -0.1) is 0 Å². The van der Waals surface area contributed by atoms with E-state index in [2.05, 4.69) is 4.98 Å². The van der Waals surface area contributed by atoms with Crippen LogP contribution in [0.3, 0.4) is 0 Å². The molecule has 2 aromatic carbocycles. The van der Waals surface area contributed by atoms with E-state index in [9.17, 15) is 15.2 Å². The smallest absolute Gasteiger partial charge is 0.205 e. The molecule has 5 nitrogen and oxygen atoms in total. The molecule has 0 aliphatic rings. The zero-order chi connectivity index (χ0) is 18.0. The predicted molar refractivity (Wildman–Crippen MR) is 95.9 cm³/mol. The topological polar surface area (TPSA) is 86.1 Å². The molecule has 0 unspecified atom stereocenters. The minimum atomic E-state index is -0.411. The van der Waals surface area contributed by atoms with Crippen LogP contribution in [0.4, 0.5) is 0 Å². The molecule has 0 atom stereocenters. The number of allylic oxidation sites excluding steroid dienone is 1. The number of nitrogens with zero attached hydrogens (tertiary/aromatic N) is 1. The fourth-order valence-corrected chi connectivity index (χ4v) is 2.72. The number of rotatable bonds is 4. The van der Waals surface area contributed by atoms with Gasteiger partial charge in [-0.3, -0.25) is 4.79 Å². The Morgan fingerprint density at radius 2 is 2.12 bits per heavy atom. The second kappa shape index (κ2) is 6.71. The van der Waals surface area contributed by atoms with Crippen LogP contribution >= 0.6 is 11.6 Å². The van der Waals surface area contributed by atoms with Gasteiger partial charge in [-0.1, -0.05) is 23.7 Å². The second-order valence-corrected chi connectivity index (χ2v) is 5.76. The van der Waals surface area contributed by atoms with Crippen LogP contribution < -0.4 is 4.74 Å². The fraction of sp³-hybridized carbons (Fsp3) is 0.0526. The summed E-state index contributed by atoms with van der Waals surface area (Å²) in [5.74, 6) is -0.162. The lowest BCUT2D eigenvalue weighted by Crippen LogP contribution is -2.01. The van der Waals surface area contributed by atoms with Crippen LogP contribution in [0.25, 0.3) is 17.0 Å². The number of carbonyl (C=O) groups is 1. The molecule has 6 heteroatoms. The molecular weight excluding hydrogens is 340 g/mol. The number of aromatic amines is 1. The number of halogens is 1. The zero-order valence-electron chi connectivity index (χ0n) is 13.2. The summed E-state index contributed by atoms with van der Waals surface area (Å²) in [6, 6.07) is 11.7. The highest BCUT2D eigenvalue weighted by Crippen LogP contribution is 2.28. The van der Waals surface area contributed by atoms with E-state index in [4.69, 9.17) is 16.3 Å². The zero-order valence-corrected chi connectivity index (χ0v) is 14.0. The molecule has 0 aliphatic heterocycles. The van der Waals surface area contributed by atoms with Crippen molar-refractivity contribution in [3.63, 3.8) is 0 Å². The Bertz CT molecular complexity index is 1040. The quantitative estimate of drug-likeness (QED) is 0.416. The summed E-state index contributed by atoms with van der Waals surface area (Å²) in [5, 5.41) is 20.5. The fourth-order valence-electron chi connectivity index (χ4n) is 2.54. The van der Waals surface area contributed by atoms with Crippen LogP contribution in [0.1, 0.15) is 15.9 Å². The Morgan fingerprint density at radius 3 is 2.80 bits per heavy atom. The van der Waals surface area contributed by atoms with Gasteiger partial charge in [-0.25, -0.2) is 0 Å². The number of carbonyl (C=O) groups excluding carboxylic acids is 1. The van der Waals surface area contributed by atoms with Crippen molar-refractivity contribution < 1.29 is 14.6 Å². The molecule has 3 rings (SSSR count). The maximum Gasteiger partial charge on any atom is 0.205 e. The van der Waals surface area contributed by atoms with Gasteiger partial charge in [-0.2, -0.15) is 5.26 Å². The number of nitriles is 1. The van der Waals surface area contributed by atoms with E-state index >= 15 is 0 Å². The van der Waals surface area contributed by atoms with Crippen molar-refractivity contribution in [2.45, 2.75) is 0 Å². The van der Waals surface area contributed by atoms with Crippen LogP contribution in [-0.4, -0.2) is 23.0 Å². The van der Waals surface area contributed by atoms with Crippen molar-refractivity contribution in [2.24, 2.45) is 0 Å². The molecule has 2 N–H and O–H groups in total. The standard InChI is InChI=1S/C19H13ClN2O3/c1-25-18-5-2-11(7-17(18)23)6-12(9-21)19(24)15-10-22-16-8-13(20)3-4-14(15)16/h2-8,10,22-23H,1H3/b12-6-. The lowest BCUT2D eigenvalue weighted by atomic mass is 10.0. The first-order valence-electron chi connectivity index (χ1n) is 7.33. The van der Waals surface area contributed by atoms with Gasteiger partial charge < -0.3 is 14.8 Å². The summed E-state index contributed by atoms with van der Waals surface area (Å²) in [5.41, 5.74) is 1.58. The number of aromatic nitrogens is 1. The third-order valence-corrected chi connectivity index (χ3v) is 4.00. The molecule has 3 aromatic rings. The Labute approximate surface area is 148 Å². The number of hydrogen-bond acceptors (Lipinski definition) is 4. The maximum atomic E-state index is 12.7. The highest BCUT2D eigenvalue weighted by atomic mass is 35.5. The van der Waals surface area contributed by atoms with Gasteiger partial charge in [0.25, 0.3) is 0 Å². The summed E-state index contributed by atoms with van der Waals surface area (Å²) in [6.07, 6.45) is 2.98. The number of phenolic OH excluding ortho intramolecular Hbond substituents is 1. The third kappa shape index (κ3) is 3.21. The predicted octanol–water partition coefficient (Wildman–Crippen LogP) is 4.33.